The molecule has 0 bridgehead atoms. The molecule has 0 aliphatic rings. The van der Waals surface area contributed by atoms with E-state index < -0.39 is 12.5 Å². The lowest BCUT2D eigenvalue weighted by molar-refractivity contribution is 0.0963. The lowest BCUT2D eigenvalue weighted by Gasteiger charge is -2.15. The Kier molecular flexibility index (Phi) is 6.06. The molecule has 1 unspecified atom stereocenters. The Bertz CT molecular complexity index is 1390. The predicted octanol–water partition coefficient (Wildman–Crippen LogP) is 3.79. The third-order valence-electron chi connectivity index (χ3n) is 5.53. The molecular formula is C24H22F2N4O3. The smallest absolute Gasteiger partial charge is 0.280 e. The van der Waals surface area contributed by atoms with E-state index in [-0.39, 0.29) is 29.3 Å². The summed E-state index contributed by atoms with van der Waals surface area (Å²) in [6, 6.07) is 11.7. The normalized spacial score (nSPS) is 12.3. The monoisotopic (exact) mass is 452 g/mol. The second-order valence-electron chi connectivity index (χ2n) is 7.73. The number of nitrogens with zero attached hydrogens (tertiary/aromatic N) is 2. The van der Waals surface area contributed by atoms with Crippen LogP contribution >= 0.6 is 0 Å². The van der Waals surface area contributed by atoms with Gasteiger partial charge in [-0.3, -0.25) is 14.7 Å². The van der Waals surface area contributed by atoms with Gasteiger partial charge in [0.25, 0.3) is 17.9 Å². The van der Waals surface area contributed by atoms with Crippen molar-refractivity contribution in [3.8, 4) is 11.1 Å². The number of hydrogen-bond acceptors (Lipinski definition) is 4. The molecule has 2 aromatic heterocycles. The SMILES string of the molecule is CNC(=O)c1cccc(Cn2cc(C(C)O)c3cc(-c4cn[nH]c4C(F)F)ccc3c2=O)c1. The Balaban J connectivity index is 1.82. The van der Waals surface area contributed by atoms with E-state index in [4.69, 9.17) is 0 Å². The number of carbonyl (C=O) groups is 1. The van der Waals surface area contributed by atoms with Crippen molar-refractivity contribution in [3.05, 3.63) is 87.6 Å². The fourth-order valence-corrected chi connectivity index (χ4v) is 3.88. The van der Waals surface area contributed by atoms with Crippen LogP contribution in [0.15, 0.2) is 59.7 Å². The molecule has 2 heterocycles. The minimum absolute atomic E-state index is 0.193. The van der Waals surface area contributed by atoms with E-state index in [1.54, 1.807) is 62.6 Å². The van der Waals surface area contributed by atoms with Crippen LogP contribution in [0.5, 0.6) is 0 Å². The van der Waals surface area contributed by atoms with Crippen molar-refractivity contribution in [1.82, 2.24) is 20.1 Å². The predicted molar refractivity (Wildman–Crippen MR) is 120 cm³/mol. The van der Waals surface area contributed by atoms with Crippen molar-refractivity contribution in [2.24, 2.45) is 0 Å². The van der Waals surface area contributed by atoms with E-state index in [1.165, 1.54) is 10.8 Å². The summed E-state index contributed by atoms with van der Waals surface area (Å²) in [6.07, 6.45) is -0.765. The van der Waals surface area contributed by atoms with E-state index in [2.05, 4.69) is 15.5 Å². The lowest BCUT2D eigenvalue weighted by atomic mass is 9.98. The van der Waals surface area contributed by atoms with E-state index in [9.17, 15) is 23.5 Å². The van der Waals surface area contributed by atoms with E-state index in [1.807, 2.05) is 0 Å². The number of fused-ring (bicyclic) bond motifs is 1. The number of rotatable bonds is 6. The molecule has 9 heteroatoms. The average molecular weight is 452 g/mol. The highest BCUT2D eigenvalue weighted by Gasteiger charge is 2.19. The molecule has 4 aromatic rings. The quantitative estimate of drug-likeness (QED) is 0.414. The second-order valence-corrected chi connectivity index (χ2v) is 7.73. The summed E-state index contributed by atoms with van der Waals surface area (Å²) >= 11 is 0. The molecule has 0 aliphatic heterocycles. The standard InChI is InChI=1S/C24H22F2N4O3/c1-13(31)20-12-30(11-14-4-3-5-16(8-14)23(32)27-2)24(33)17-7-6-15(9-18(17)20)19-10-28-29-21(19)22(25)26/h3-10,12-13,22,31H,11H2,1-2H3,(H,27,32)(H,28,29). The fourth-order valence-electron chi connectivity index (χ4n) is 3.88. The van der Waals surface area contributed by atoms with Crippen molar-refractivity contribution in [3.63, 3.8) is 0 Å². The summed E-state index contributed by atoms with van der Waals surface area (Å²) in [5.74, 6) is -0.234. The third kappa shape index (κ3) is 4.27. The zero-order valence-electron chi connectivity index (χ0n) is 18.0. The Morgan fingerprint density at radius 1 is 1.21 bits per heavy atom. The number of aliphatic hydroxyl groups excluding tert-OH is 1. The highest BCUT2D eigenvalue weighted by atomic mass is 19.3. The summed E-state index contributed by atoms with van der Waals surface area (Å²) < 4.78 is 28.1. The van der Waals surface area contributed by atoms with Crippen LogP contribution in [0.1, 0.15) is 46.6 Å². The molecule has 170 valence electrons. The van der Waals surface area contributed by atoms with Gasteiger partial charge in [0, 0.05) is 35.3 Å². The molecule has 0 saturated heterocycles. The number of nitrogens with one attached hydrogen (secondary N) is 2. The Morgan fingerprint density at radius 2 is 2.00 bits per heavy atom. The molecule has 0 aliphatic carbocycles. The number of H-pyrrole nitrogens is 1. The van der Waals surface area contributed by atoms with Gasteiger partial charge in [-0.2, -0.15) is 5.10 Å². The van der Waals surface area contributed by atoms with Crippen molar-refractivity contribution >= 4 is 16.7 Å². The molecule has 2 aromatic carbocycles. The van der Waals surface area contributed by atoms with Gasteiger partial charge in [0.05, 0.1) is 18.8 Å². The molecule has 33 heavy (non-hydrogen) atoms. The number of halogens is 2. The molecule has 0 fully saturated rings. The van der Waals surface area contributed by atoms with Gasteiger partial charge >= 0.3 is 0 Å². The molecule has 1 atom stereocenters. The van der Waals surface area contributed by atoms with Crippen molar-refractivity contribution in [2.75, 3.05) is 7.05 Å². The number of alkyl halides is 2. The van der Waals surface area contributed by atoms with Gasteiger partial charge in [-0.15, -0.1) is 0 Å². The highest BCUT2D eigenvalue weighted by Crippen LogP contribution is 2.32. The van der Waals surface area contributed by atoms with Gasteiger partial charge in [0.15, 0.2) is 0 Å². The molecule has 0 saturated carbocycles. The zero-order valence-corrected chi connectivity index (χ0v) is 18.0. The number of aromatic nitrogens is 3. The highest BCUT2D eigenvalue weighted by molar-refractivity contribution is 5.94. The van der Waals surface area contributed by atoms with Crippen molar-refractivity contribution in [2.45, 2.75) is 26.0 Å². The van der Waals surface area contributed by atoms with Crippen molar-refractivity contribution in [1.29, 1.82) is 0 Å². The number of aromatic amines is 1. The summed E-state index contributed by atoms with van der Waals surface area (Å²) in [6.45, 7) is 1.77. The molecule has 4 rings (SSSR count). The van der Waals surface area contributed by atoms with Gasteiger partial charge in [0.1, 0.15) is 5.69 Å². The molecular weight excluding hydrogens is 430 g/mol. The molecule has 0 radical (unpaired) electrons. The van der Waals surface area contributed by atoms with Gasteiger partial charge in [-0.25, -0.2) is 8.78 Å². The first kappa shape index (κ1) is 22.3. The Morgan fingerprint density at radius 3 is 2.70 bits per heavy atom. The first-order valence-electron chi connectivity index (χ1n) is 10.3. The summed E-state index contributed by atoms with van der Waals surface area (Å²) in [4.78, 5) is 25.2. The maximum atomic E-state index is 13.3. The summed E-state index contributed by atoms with van der Waals surface area (Å²) in [5.41, 5.74) is 1.79. The third-order valence-corrected chi connectivity index (χ3v) is 5.53. The van der Waals surface area contributed by atoms with E-state index in [0.717, 1.165) is 5.56 Å². The first-order valence-corrected chi connectivity index (χ1v) is 10.3. The van der Waals surface area contributed by atoms with Crippen LogP contribution in [0.3, 0.4) is 0 Å². The number of carbonyl (C=O) groups excluding carboxylic acids is 1. The summed E-state index contributed by atoms with van der Waals surface area (Å²) in [5, 5.41) is 19.8. The molecule has 3 N–H and O–H groups in total. The minimum atomic E-state index is -2.73. The summed E-state index contributed by atoms with van der Waals surface area (Å²) in [7, 11) is 1.54. The fraction of sp³-hybridized carbons (Fsp3) is 0.208. The van der Waals surface area contributed by atoms with E-state index in [0.29, 0.717) is 27.5 Å². The van der Waals surface area contributed by atoms with Gasteiger partial charge in [-0.1, -0.05) is 18.2 Å². The molecule has 0 spiro atoms. The van der Waals surface area contributed by atoms with Crippen LogP contribution in [0, 0.1) is 0 Å². The second kappa shape index (κ2) is 8.95. The van der Waals surface area contributed by atoms with Crippen LogP contribution < -0.4 is 10.9 Å². The van der Waals surface area contributed by atoms with Crippen LogP contribution in [0.2, 0.25) is 0 Å². The molecule has 1 amide bonds. The largest absolute Gasteiger partial charge is 0.389 e. The van der Waals surface area contributed by atoms with Gasteiger partial charge in [-0.05, 0) is 47.7 Å². The minimum Gasteiger partial charge on any atom is -0.389 e. The van der Waals surface area contributed by atoms with Crippen LogP contribution in [-0.4, -0.2) is 32.8 Å². The Labute approximate surface area is 187 Å². The topological polar surface area (TPSA) is 100 Å². The average Bonchev–Trinajstić information content (AvgIpc) is 3.30. The van der Waals surface area contributed by atoms with Crippen LogP contribution in [0.4, 0.5) is 8.78 Å². The van der Waals surface area contributed by atoms with Gasteiger partial charge < -0.3 is 15.0 Å². The van der Waals surface area contributed by atoms with Crippen molar-refractivity contribution < 1.29 is 18.7 Å². The first-order chi connectivity index (χ1) is 15.8. The lowest BCUT2D eigenvalue weighted by Crippen LogP contribution is -2.22. The van der Waals surface area contributed by atoms with Gasteiger partial charge in [0.2, 0.25) is 0 Å². The number of pyridine rings is 1. The number of hydrogen-bond donors (Lipinski definition) is 3. The van der Waals surface area contributed by atoms with Crippen LogP contribution in [-0.2, 0) is 6.54 Å². The maximum absolute atomic E-state index is 13.3. The number of aliphatic hydroxyl groups is 1. The van der Waals surface area contributed by atoms with Crippen LogP contribution in [0.25, 0.3) is 21.9 Å². The Hall–Kier alpha value is -3.85. The number of amides is 1. The molecule has 7 nitrogen and oxygen atoms in total. The van der Waals surface area contributed by atoms with E-state index >= 15 is 0 Å². The number of benzene rings is 2. The maximum Gasteiger partial charge on any atom is 0.280 e. The zero-order chi connectivity index (χ0) is 23.7.